The fourth-order valence-electron chi connectivity index (χ4n) is 2.26. The number of aryl methyl sites for hydroxylation is 2. The highest BCUT2D eigenvalue weighted by atomic mass is 19.1. The molecule has 0 amide bonds. The van der Waals surface area contributed by atoms with Crippen molar-refractivity contribution in [2.45, 2.75) is 46.1 Å². The van der Waals surface area contributed by atoms with Crippen molar-refractivity contribution in [1.29, 1.82) is 0 Å². The van der Waals surface area contributed by atoms with Gasteiger partial charge in [-0.15, -0.1) is 0 Å². The predicted octanol–water partition coefficient (Wildman–Crippen LogP) is 2.56. The van der Waals surface area contributed by atoms with E-state index in [-0.39, 0.29) is 11.7 Å². The van der Waals surface area contributed by atoms with Gasteiger partial charge in [0.1, 0.15) is 11.5 Å². The molecule has 1 heterocycles. The zero-order chi connectivity index (χ0) is 15.6. The summed E-state index contributed by atoms with van der Waals surface area (Å²) in [5.74, 6) is -0.171. The Morgan fingerprint density at radius 3 is 2.29 bits per heavy atom. The van der Waals surface area contributed by atoms with E-state index in [0.717, 1.165) is 0 Å². The second-order valence-corrected chi connectivity index (χ2v) is 5.15. The molecule has 1 aromatic carbocycles. The van der Waals surface area contributed by atoms with Gasteiger partial charge in [0.05, 0.1) is 0 Å². The number of hydrogen-bond acceptors (Lipinski definition) is 3. The molecule has 0 aliphatic carbocycles. The zero-order valence-corrected chi connectivity index (χ0v) is 12.5. The SMILES string of the molecule is CCc1nc(CC)n(-c2c(F)cc(CC(C)N)cc2F)n1. The molecule has 114 valence electrons. The van der Waals surface area contributed by atoms with E-state index in [9.17, 15) is 8.78 Å². The van der Waals surface area contributed by atoms with Crippen LogP contribution in [0.1, 0.15) is 38.0 Å². The molecule has 0 aliphatic heterocycles. The number of benzene rings is 1. The lowest BCUT2D eigenvalue weighted by Crippen LogP contribution is -2.18. The van der Waals surface area contributed by atoms with Gasteiger partial charge in [-0.3, -0.25) is 0 Å². The first-order valence-electron chi connectivity index (χ1n) is 7.14. The molecule has 0 fully saturated rings. The minimum Gasteiger partial charge on any atom is -0.328 e. The van der Waals surface area contributed by atoms with Gasteiger partial charge in [-0.05, 0) is 31.0 Å². The lowest BCUT2D eigenvalue weighted by atomic mass is 10.1. The number of nitrogens with zero attached hydrogens (tertiary/aromatic N) is 3. The Bertz CT molecular complexity index is 612. The molecule has 2 N–H and O–H groups in total. The Morgan fingerprint density at radius 2 is 1.81 bits per heavy atom. The van der Waals surface area contributed by atoms with Gasteiger partial charge in [0.25, 0.3) is 0 Å². The molecule has 21 heavy (non-hydrogen) atoms. The zero-order valence-electron chi connectivity index (χ0n) is 12.5. The molecule has 0 saturated heterocycles. The van der Waals surface area contributed by atoms with Crippen molar-refractivity contribution in [3.05, 3.63) is 41.0 Å². The first kappa shape index (κ1) is 15.6. The molecule has 2 rings (SSSR count). The normalized spacial score (nSPS) is 12.7. The fraction of sp³-hybridized carbons (Fsp3) is 0.467. The number of halogens is 2. The molecule has 0 bridgehead atoms. The summed E-state index contributed by atoms with van der Waals surface area (Å²) in [6.45, 7) is 5.57. The van der Waals surface area contributed by atoms with Gasteiger partial charge >= 0.3 is 0 Å². The van der Waals surface area contributed by atoms with E-state index in [1.54, 1.807) is 6.92 Å². The first-order chi connectivity index (χ1) is 9.96. The molecule has 1 aromatic heterocycles. The summed E-state index contributed by atoms with van der Waals surface area (Å²) in [4.78, 5) is 4.28. The highest BCUT2D eigenvalue weighted by Gasteiger charge is 2.18. The van der Waals surface area contributed by atoms with Crippen LogP contribution in [0.5, 0.6) is 0 Å². The third-order valence-electron chi connectivity index (χ3n) is 3.20. The maximum absolute atomic E-state index is 14.3. The predicted molar refractivity (Wildman–Crippen MR) is 77.4 cm³/mol. The molecular formula is C15H20F2N4. The second-order valence-electron chi connectivity index (χ2n) is 5.15. The average molecular weight is 294 g/mol. The van der Waals surface area contributed by atoms with Crippen LogP contribution in [0.15, 0.2) is 12.1 Å². The van der Waals surface area contributed by atoms with E-state index in [1.165, 1.54) is 16.8 Å². The monoisotopic (exact) mass is 294 g/mol. The van der Waals surface area contributed by atoms with Crippen molar-refractivity contribution in [3.63, 3.8) is 0 Å². The minimum absolute atomic E-state index is 0.154. The number of aromatic nitrogens is 3. The maximum atomic E-state index is 14.3. The summed E-state index contributed by atoms with van der Waals surface area (Å²) in [6, 6.07) is 2.47. The molecule has 2 aromatic rings. The van der Waals surface area contributed by atoms with E-state index in [0.29, 0.717) is 36.5 Å². The Balaban J connectivity index is 2.51. The fourth-order valence-corrected chi connectivity index (χ4v) is 2.26. The smallest absolute Gasteiger partial charge is 0.152 e. The maximum Gasteiger partial charge on any atom is 0.152 e. The van der Waals surface area contributed by atoms with Crippen LogP contribution in [-0.4, -0.2) is 20.8 Å². The summed E-state index contributed by atoms with van der Waals surface area (Å²) < 4.78 is 29.9. The molecule has 0 saturated carbocycles. The Labute approximate surface area is 123 Å². The number of nitrogens with two attached hydrogens (primary N) is 1. The summed E-state index contributed by atoms with van der Waals surface area (Å²) in [5, 5.41) is 4.18. The largest absolute Gasteiger partial charge is 0.328 e. The van der Waals surface area contributed by atoms with Crippen LogP contribution in [0.4, 0.5) is 8.78 Å². The van der Waals surface area contributed by atoms with Gasteiger partial charge < -0.3 is 5.73 Å². The average Bonchev–Trinajstić information content (AvgIpc) is 2.80. The second kappa shape index (κ2) is 6.30. The summed E-state index contributed by atoms with van der Waals surface area (Å²) in [6.07, 6.45) is 1.59. The van der Waals surface area contributed by atoms with E-state index < -0.39 is 11.6 Å². The Kier molecular flexibility index (Phi) is 4.67. The molecule has 0 aliphatic rings. The highest BCUT2D eigenvalue weighted by molar-refractivity contribution is 5.38. The van der Waals surface area contributed by atoms with Gasteiger partial charge in [-0.2, -0.15) is 5.10 Å². The van der Waals surface area contributed by atoms with Crippen LogP contribution in [0.2, 0.25) is 0 Å². The van der Waals surface area contributed by atoms with Crippen molar-refractivity contribution < 1.29 is 8.78 Å². The molecule has 4 nitrogen and oxygen atoms in total. The molecule has 0 radical (unpaired) electrons. The third kappa shape index (κ3) is 3.26. The van der Waals surface area contributed by atoms with Gasteiger partial charge in [-0.25, -0.2) is 18.4 Å². The standard InChI is InChI=1S/C15H20F2N4/c1-4-13-19-14(5-2)21(20-13)15-11(16)7-10(6-9(3)18)8-12(15)17/h7-9H,4-6,18H2,1-3H3. The molecule has 0 spiro atoms. The van der Waals surface area contributed by atoms with Gasteiger partial charge in [-0.1, -0.05) is 13.8 Å². The van der Waals surface area contributed by atoms with Crippen LogP contribution in [0.25, 0.3) is 5.69 Å². The molecule has 1 atom stereocenters. The Morgan fingerprint density at radius 1 is 1.19 bits per heavy atom. The Hall–Kier alpha value is -1.82. The lowest BCUT2D eigenvalue weighted by Gasteiger charge is -2.11. The molecule has 6 heteroatoms. The van der Waals surface area contributed by atoms with Crippen molar-refractivity contribution >= 4 is 0 Å². The summed E-state index contributed by atoms with van der Waals surface area (Å²) >= 11 is 0. The summed E-state index contributed by atoms with van der Waals surface area (Å²) in [5.41, 5.74) is 6.03. The lowest BCUT2D eigenvalue weighted by molar-refractivity contribution is 0.549. The van der Waals surface area contributed by atoms with Crippen LogP contribution in [-0.2, 0) is 19.3 Å². The van der Waals surface area contributed by atoms with Crippen LogP contribution in [0.3, 0.4) is 0 Å². The molecule has 1 unspecified atom stereocenters. The number of hydrogen-bond donors (Lipinski definition) is 1. The summed E-state index contributed by atoms with van der Waals surface area (Å²) in [7, 11) is 0. The van der Waals surface area contributed by atoms with Crippen LogP contribution < -0.4 is 5.73 Å². The van der Waals surface area contributed by atoms with Crippen molar-refractivity contribution in [3.8, 4) is 5.69 Å². The van der Waals surface area contributed by atoms with Gasteiger partial charge in [0.15, 0.2) is 17.5 Å². The van der Waals surface area contributed by atoms with Crippen LogP contribution in [0, 0.1) is 11.6 Å². The van der Waals surface area contributed by atoms with Crippen molar-refractivity contribution in [2.24, 2.45) is 5.73 Å². The van der Waals surface area contributed by atoms with E-state index >= 15 is 0 Å². The minimum atomic E-state index is -0.645. The number of rotatable bonds is 5. The van der Waals surface area contributed by atoms with Crippen LogP contribution >= 0.6 is 0 Å². The van der Waals surface area contributed by atoms with E-state index in [1.807, 2.05) is 13.8 Å². The highest BCUT2D eigenvalue weighted by Crippen LogP contribution is 2.21. The molecular weight excluding hydrogens is 274 g/mol. The van der Waals surface area contributed by atoms with Crippen molar-refractivity contribution in [2.75, 3.05) is 0 Å². The third-order valence-corrected chi connectivity index (χ3v) is 3.20. The van der Waals surface area contributed by atoms with Gasteiger partial charge in [0, 0.05) is 18.9 Å². The van der Waals surface area contributed by atoms with Crippen molar-refractivity contribution in [1.82, 2.24) is 14.8 Å². The van der Waals surface area contributed by atoms with Gasteiger partial charge in [0.2, 0.25) is 0 Å². The van der Waals surface area contributed by atoms with E-state index in [4.69, 9.17) is 5.73 Å². The van der Waals surface area contributed by atoms with E-state index in [2.05, 4.69) is 10.1 Å². The topological polar surface area (TPSA) is 56.7 Å². The first-order valence-corrected chi connectivity index (χ1v) is 7.14. The quantitative estimate of drug-likeness (QED) is 0.922.